The number of hydrogen-bond acceptors (Lipinski definition) is 15. The minimum Gasteiger partial charge on any atom is -0.462 e. The Morgan fingerprint density at radius 1 is 0.281 bits per heavy atom. The fraction of sp³-hybridized carbons (Fsp3) is 0.948. The molecule has 0 aromatic rings. The molecule has 3 N–H and O–H groups in total. The molecule has 570 valence electrons. The number of phosphoric ester groups is 2. The Morgan fingerprint density at radius 3 is 0.708 bits per heavy atom. The van der Waals surface area contributed by atoms with E-state index < -0.39 is 97.5 Å². The van der Waals surface area contributed by atoms with Gasteiger partial charge in [0.15, 0.2) is 12.2 Å². The van der Waals surface area contributed by atoms with Crippen molar-refractivity contribution >= 4 is 39.5 Å². The predicted molar refractivity (Wildman–Crippen MR) is 391 cm³/mol. The van der Waals surface area contributed by atoms with E-state index in [-0.39, 0.29) is 25.7 Å². The number of phosphoric acid groups is 2. The van der Waals surface area contributed by atoms with E-state index in [2.05, 4.69) is 41.5 Å². The number of rotatable bonds is 76. The lowest BCUT2D eigenvalue weighted by Gasteiger charge is -2.21. The van der Waals surface area contributed by atoms with Gasteiger partial charge in [-0.25, -0.2) is 9.13 Å². The first kappa shape index (κ1) is 94.1. The highest BCUT2D eigenvalue weighted by molar-refractivity contribution is 7.47. The average Bonchev–Trinajstić information content (AvgIpc) is 1.12. The summed E-state index contributed by atoms with van der Waals surface area (Å²) in [7, 11) is -9.91. The number of aliphatic hydroxyl groups excluding tert-OH is 1. The molecule has 0 spiro atoms. The van der Waals surface area contributed by atoms with E-state index in [1.807, 2.05) is 0 Å². The van der Waals surface area contributed by atoms with Crippen molar-refractivity contribution < 1.29 is 80.2 Å². The largest absolute Gasteiger partial charge is 0.472 e. The second kappa shape index (κ2) is 68.8. The number of esters is 4. The zero-order chi connectivity index (χ0) is 70.7. The minimum absolute atomic E-state index is 0.107. The van der Waals surface area contributed by atoms with Gasteiger partial charge in [0, 0.05) is 25.7 Å². The second-order valence-corrected chi connectivity index (χ2v) is 31.6. The van der Waals surface area contributed by atoms with E-state index in [0.717, 1.165) is 102 Å². The normalized spacial score (nSPS) is 14.0. The first-order valence-electron chi connectivity index (χ1n) is 40.0. The smallest absolute Gasteiger partial charge is 0.462 e. The molecular formula is C77H150O17P2. The maximum Gasteiger partial charge on any atom is 0.472 e. The maximum absolute atomic E-state index is 13.1. The summed E-state index contributed by atoms with van der Waals surface area (Å²) < 4.78 is 68.5. The van der Waals surface area contributed by atoms with E-state index in [4.69, 9.17) is 37.0 Å². The molecule has 0 bridgehead atoms. The molecule has 0 saturated heterocycles. The Hall–Kier alpha value is -1.94. The summed E-state index contributed by atoms with van der Waals surface area (Å²) in [5.41, 5.74) is 0. The van der Waals surface area contributed by atoms with Crippen LogP contribution in [0.3, 0.4) is 0 Å². The topological polar surface area (TPSA) is 237 Å². The first-order valence-corrected chi connectivity index (χ1v) is 43.0. The average molecular weight is 1410 g/mol. The lowest BCUT2D eigenvalue weighted by molar-refractivity contribution is -0.161. The fourth-order valence-corrected chi connectivity index (χ4v) is 13.4. The van der Waals surface area contributed by atoms with Crippen molar-refractivity contribution in [3.05, 3.63) is 0 Å². The fourth-order valence-electron chi connectivity index (χ4n) is 11.8. The van der Waals surface area contributed by atoms with Crippen molar-refractivity contribution in [2.75, 3.05) is 39.6 Å². The third-order valence-electron chi connectivity index (χ3n) is 18.0. The highest BCUT2D eigenvalue weighted by Crippen LogP contribution is 2.45. The van der Waals surface area contributed by atoms with Crippen LogP contribution in [0, 0.1) is 11.8 Å². The van der Waals surface area contributed by atoms with Crippen molar-refractivity contribution in [3.8, 4) is 0 Å². The summed E-state index contributed by atoms with van der Waals surface area (Å²) in [6, 6.07) is 0. The number of hydrogen-bond donors (Lipinski definition) is 3. The Balaban J connectivity index is 5.21. The van der Waals surface area contributed by atoms with Gasteiger partial charge in [0.1, 0.15) is 19.3 Å². The van der Waals surface area contributed by atoms with Gasteiger partial charge in [-0.1, -0.05) is 350 Å². The first-order chi connectivity index (χ1) is 46.4. The molecule has 0 radical (unpaired) electrons. The summed E-state index contributed by atoms with van der Waals surface area (Å²) in [5, 5.41) is 10.6. The van der Waals surface area contributed by atoms with Crippen LogP contribution in [0.5, 0.6) is 0 Å². The highest BCUT2D eigenvalue weighted by atomic mass is 31.2. The quantitative estimate of drug-likeness (QED) is 0.0222. The standard InChI is InChI=1S/C77H150O17P2/c1-7-9-11-13-15-17-28-37-43-49-55-61-76(81)93-72(65-87-74(79)59-53-47-41-33-16-14-12-10-8-2)67-91-95(83,84)89-63-71(78)64-90-96(85,86)92-68-73(66-88-75(80)60-54-48-42-36-31-26-23-22-25-30-35-40-46-52-58-70(5)6)94-77(82)62-56-50-44-38-32-27-21-19-18-20-24-29-34-39-45-51-57-69(3)4/h69-73,78H,7-68H2,1-6H3,(H,83,84)(H,85,86)/t71-,72+,73+/m0/s1. The van der Waals surface area contributed by atoms with Gasteiger partial charge < -0.3 is 33.8 Å². The summed E-state index contributed by atoms with van der Waals surface area (Å²) in [6.45, 7) is 9.64. The van der Waals surface area contributed by atoms with Gasteiger partial charge in [-0.2, -0.15) is 0 Å². The van der Waals surface area contributed by atoms with Crippen LogP contribution < -0.4 is 0 Å². The molecule has 0 aliphatic rings. The molecule has 5 atom stereocenters. The van der Waals surface area contributed by atoms with Crippen molar-refractivity contribution in [1.29, 1.82) is 0 Å². The summed E-state index contributed by atoms with van der Waals surface area (Å²) >= 11 is 0. The lowest BCUT2D eigenvalue weighted by Crippen LogP contribution is -2.30. The Labute approximate surface area is 588 Å². The summed E-state index contributed by atoms with van der Waals surface area (Å²) in [5.74, 6) is -0.506. The number of aliphatic hydroxyl groups is 1. The molecule has 0 heterocycles. The molecule has 0 aromatic carbocycles. The number of carbonyl (C=O) groups is 4. The third kappa shape index (κ3) is 70.5. The van der Waals surface area contributed by atoms with Crippen molar-refractivity contribution in [2.24, 2.45) is 11.8 Å². The molecule has 19 heteroatoms. The van der Waals surface area contributed by atoms with Gasteiger partial charge in [0.25, 0.3) is 0 Å². The molecule has 0 aliphatic heterocycles. The molecular weight excluding hydrogens is 1260 g/mol. The van der Waals surface area contributed by atoms with Crippen LogP contribution in [-0.2, 0) is 65.4 Å². The number of unbranched alkanes of at least 4 members (excludes halogenated alkanes) is 46. The lowest BCUT2D eigenvalue weighted by atomic mass is 10.0. The molecule has 0 fully saturated rings. The van der Waals surface area contributed by atoms with E-state index in [1.165, 1.54) is 218 Å². The highest BCUT2D eigenvalue weighted by Gasteiger charge is 2.30. The Morgan fingerprint density at radius 2 is 0.479 bits per heavy atom. The molecule has 2 unspecified atom stereocenters. The van der Waals surface area contributed by atoms with E-state index in [9.17, 15) is 43.2 Å². The van der Waals surface area contributed by atoms with Crippen LogP contribution in [0.15, 0.2) is 0 Å². The second-order valence-electron chi connectivity index (χ2n) is 28.7. The molecule has 0 saturated carbocycles. The van der Waals surface area contributed by atoms with Crippen LogP contribution in [0.2, 0.25) is 0 Å². The zero-order valence-corrected chi connectivity index (χ0v) is 64.5. The van der Waals surface area contributed by atoms with Gasteiger partial charge >= 0.3 is 39.5 Å². The van der Waals surface area contributed by atoms with Gasteiger partial charge in [-0.3, -0.25) is 37.3 Å². The number of carbonyl (C=O) groups excluding carboxylic acids is 4. The van der Waals surface area contributed by atoms with Crippen molar-refractivity contribution in [2.45, 2.75) is 419 Å². The predicted octanol–water partition coefficient (Wildman–Crippen LogP) is 22.7. The van der Waals surface area contributed by atoms with Crippen molar-refractivity contribution in [1.82, 2.24) is 0 Å². The molecule has 17 nitrogen and oxygen atoms in total. The van der Waals surface area contributed by atoms with E-state index in [1.54, 1.807) is 0 Å². The van der Waals surface area contributed by atoms with Crippen molar-refractivity contribution in [3.63, 3.8) is 0 Å². The van der Waals surface area contributed by atoms with Gasteiger partial charge in [0.2, 0.25) is 0 Å². The van der Waals surface area contributed by atoms with Crippen LogP contribution in [-0.4, -0.2) is 96.7 Å². The Bertz CT molecular complexity index is 1860. The summed E-state index contributed by atoms with van der Waals surface area (Å²) in [6.07, 6.45) is 56.8. The van der Waals surface area contributed by atoms with Crippen LogP contribution >= 0.6 is 15.6 Å². The SMILES string of the molecule is CCCCCCCCCCCCCC(=O)O[C@H](COC(=O)CCCCCCCCCCC)COP(=O)(O)OC[C@H](O)COP(=O)(O)OC[C@@H](COC(=O)CCCCCCCCCCCCCCCCC(C)C)OC(=O)CCCCCCCCCCCCCCCCCCC(C)C. The Kier molecular flexibility index (Phi) is 67.4. The maximum atomic E-state index is 13.1. The van der Waals surface area contributed by atoms with Gasteiger partial charge in [0.05, 0.1) is 26.4 Å². The monoisotopic (exact) mass is 1410 g/mol. The summed E-state index contributed by atoms with van der Waals surface area (Å²) in [4.78, 5) is 72.8. The van der Waals surface area contributed by atoms with Crippen LogP contribution in [0.25, 0.3) is 0 Å². The van der Waals surface area contributed by atoms with E-state index >= 15 is 0 Å². The van der Waals surface area contributed by atoms with Gasteiger partial charge in [-0.15, -0.1) is 0 Å². The third-order valence-corrected chi connectivity index (χ3v) is 19.9. The van der Waals surface area contributed by atoms with E-state index in [0.29, 0.717) is 25.7 Å². The van der Waals surface area contributed by atoms with Crippen LogP contribution in [0.4, 0.5) is 0 Å². The molecule has 0 amide bonds. The molecule has 0 rings (SSSR count). The van der Waals surface area contributed by atoms with Crippen LogP contribution in [0.1, 0.15) is 401 Å². The molecule has 0 aromatic heterocycles. The number of ether oxygens (including phenoxy) is 4. The molecule has 96 heavy (non-hydrogen) atoms. The van der Waals surface area contributed by atoms with Gasteiger partial charge in [-0.05, 0) is 37.5 Å². The minimum atomic E-state index is -4.96. The molecule has 0 aliphatic carbocycles. The zero-order valence-electron chi connectivity index (χ0n) is 62.7.